The van der Waals surface area contributed by atoms with Gasteiger partial charge in [-0.15, -0.1) is 0 Å². The molecule has 0 saturated carbocycles. The normalized spacial score (nSPS) is 24.0. The highest BCUT2D eigenvalue weighted by atomic mass is 32.1. The summed E-state index contributed by atoms with van der Waals surface area (Å²) in [5, 5.41) is 12.7. The Morgan fingerprint density at radius 1 is 1.00 bits per heavy atom. The summed E-state index contributed by atoms with van der Waals surface area (Å²) in [6, 6.07) is 16.9. The second-order valence-corrected chi connectivity index (χ2v) is 23.9. The van der Waals surface area contributed by atoms with Crippen molar-refractivity contribution in [1.29, 1.82) is 5.26 Å². The lowest BCUT2D eigenvalue weighted by Crippen LogP contribution is -2.67. The van der Waals surface area contributed by atoms with Crippen LogP contribution in [0.1, 0.15) is 74.2 Å². The molecule has 4 atom stereocenters. The second-order valence-electron chi connectivity index (χ2n) is 14.7. The van der Waals surface area contributed by atoms with E-state index in [0.717, 1.165) is 22.3 Å². The molecule has 2 fully saturated rings. The molecular formula is C37H47N3O9SSi2. The van der Waals surface area contributed by atoms with Crippen molar-refractivity contribution >= 4 is 56.9 Å². The SMILES string of the molecule is CC(=O)C(=O)Cc1ccn([C@@H]2O[C@@H]3CO[Si](C(C)C)(C(C)C)O[Si](C(C)C)(C(C)C)O[C@H]3C2(C#N)OC(=S)Oc2ccc3ccccc3c2)c(=O)n1. The van der Waals surface area contributed by atoms with Crippen LogP contribution in [0.5, 0.6) is 5.75 Å². The molecule has 5 rings (SSSR count). The van der Waals surface area contributed by atoms with Gasteiger partial charge < -0.3 is 27.2 Å². The third-order valence-electron chi connectivity index (χ3n) is 9.98. The van der Waals surface area contributed by atoms with E-state index in [2.05, 4.69) is 38.7 Å². The molecule has 0 N–H and O–H groups in total. The molecule has 0 spiro atoms. The van der Waals surface area contributed by atoms with E-state index in [0.29, 0.717) is 5.75 Å². The molecule has 0 bridgehead atoms. The first-order valence-corrected chi connectivity index (χ1v) is 21.9. The van der Waals surface area contributed by atoms with Crippen molar-refractivity contribution in [3.63, 3.8) is 0 Å². The molecule has 1 unspecified atom stereocenters. The Balaban J connectivity index is 1.64. The molecule has 3 aromatic rings. The Hall–Kier alpha value is -3.63. The Morgan fingerprint density at radius 3 is 2.21 bits per heavy atom. The molecule has 52 heavy (non-hydrogen) atoms. The van der Waals surface area contributed by atoms with Gasteiger partial charge in [-0.25, -0.2) is 4.79 Å². The van der Waals surface area contributed by atoms with Gasteiger partial charge in [0, 0.05) is 25.3 Å². The standard InChI is InChI=1S/C37H47N3O9SSi2/c1-22(2)51(23(3)4)44-20-32-33(48-52(49-51,24(5)6)25(7)8)37(21-38,47-36(50)45-30-15-14-27-12-10-11-13-28(27)18-30)34(46-32)40-17-16-29(39-35(40)43)19-31(42)26(9)41/h10-18,22-25,32-34H,19-20H2,1-9H3/t32-,33-,34-,37?/m1/s1. The number of fused-ring (bicyclic) bond motifs is 2. The van der Waals surface area contributed by atoms with Crippen molar-refractivity contribution in [3.05, 3.63) is 70.9 Å². The summed E-state index contributed by atoms with van der Waals surface area (Å²) in [6.45, 7) is 17.7. The van der Waals surface area contributed by atoms with Crippen LogP contribution in [0.15, 0.2) is 59.5 Å². The van der Waals surface area contributed by atoms with E-state index in [4.69, 9.17) is 39.4 Å². The van der Waals surface area contributed by atoms with Gasteiger partial charge in [0.05, 0.1) is 18.7 Å². The number of hydrogen-bond donors (Lipinski definition) is 0. The van der Waals surface area contributed by atoms with Crippen LogP contribution in [0.25, 0.3) is 10.8 Å². The molecule has 2 aromatic carbocycles. The molecule has 0 radical (unpaired) electrons. The smallest absolute Gasteiger partial charge is 0.359 e. The zero-order chi connectivity index (χ0) is 38.2. The average Bonchev–Trinajstić information content (AvgIpc) is 3.35. The maximum atomic E-state index is 13.7. The fraction of sp³-hybridized carbons (Fsp3) is 0.514. The first kappa shape index (κ1) is 39.6. The highest BCUT2D eigenvalue weighted by Crippen LogP contribution is 2.51. The van der Waals surface area contributed by atoms with E-state index in [-0.39, 0.29) is 40.9 Å². The van der Waals surface area contributed by atoms with Gasteiger partial charge in [0.1, 0.15) is 24.0 Å². The van der Waals surface area contributed by atoms with Crippen molar-refractivity contribution in [2.24, 2.45) is 0 Å². The number of benzene rings is 2. The summed E-state index contributed by atoms with van der Waals surface area (Å²) >= 11 is 5.66. The fourth-order valence-electron chi connectivity index (χ4n) is 7.19. The molecule has 12 nitrogen and oxygen atoms in total. The Kier molecular flexibility index (Phi) is 11.7. The summed E-state index contributed by atoms with van der Waals surface area (Å²) in [6.07, 6.45) is -2.51. The third kappa shape index (κ3) is 7.30. The number of hydrogen-bond acceptors (Lipinski definition) is 12. The zero-order valence-corrected chi connectivity index (χ0v) is 33.9. The van der Waals surface area contributed by atoms with Crippen LogP contribution in [0.3, 0.4) is 0 Å². The lowest BCUT2D eigenvalue weighted by molar-refractivity contribution is -0.134. The minimum Gasteiger partial charge on any atom is -0.427 e. The average molecular weight is 766 g/mol. The number of aromatic nitrogens is 2. The summed E-state index contributed by atoms with van der Waals surface area (Å²) in [7, 11) is -6.35. The molecule has 3 heterocycles. The summed E-state index contributed by atoms with van der Waals surface area (Å²) in [4.78, 5) is 41.6. The van der Waals surface area contributed by atoms with Gasteiger partial charge in [0.2, 0.25) is 5.78 Å². The number of carbonyl (C=O) groups excluding carboxylic acids is 2. The molecule has 2 aliphatic rings. The van der Waals surface area contributed by atoms with E-state index in [1.807, 2.05) is 58.0 Å². The van der Waals surface area contributed by atoms with Crippen LogP contribution in [-0.4, -0.2) is 67.9 Å². The summed E-state index contributed by atoms with van der Waals surface area (Å²) in [5.74, 6) is -0.962. The maximum Gasteiger partial charge on any atom is 0.359 e. The van der Waals surface area contributed by atoms with Gasteiger partial charge in [-0.3, -0.25) is 14.2 Å². The number of rotatable bonds is 10. The van der Waals surface area contributed by atoms with Crippen molar-refractivity contribution in [2.75, 3.05) is 6.61 Å². The van der Waals surface area contributed by atoms with E-state index >= 15 is 0 Å². The Labute approximate surface area is 311 Å². The third-order valence-corrected chi connectivity index (χ3v) is 20.4. The van der Waals surface area contributed by atoms with Gasteiger partial charge >= 0.3 is 28.0 Å². The number of carbonyl (C=O) groups is 2. The van der Waals surface area contributed by atoms with Gasteiger partial charge in [0.15, 0.2) is 12.0 Å². The van der Waals surface area contributed by atoms with Crippen molar-refractivity contribution < 1.29 is 36.8 Å². The van der Waals surface area contributed by atoms with Crippen molar-refractivity contribution in [1.82, 2.24) is 9.55 Å². The minimum absolute atomic E-state index is 0.0110. The number of nitrogens with zero attached hydrogens (tertiary/aromatic N) is 3. The molecule has 0 aliphatic carbocycles. The van der Waals surface area contributed by atoms with Crippen LogP contribution in [0.2, 0.25) is 22.2 Å². The first-order valence-electron chi connectivity index (χ1n) is 17.6. The van der Waals surface area contributed by atoms with E-state index in [1.165, 1.54) is 12.3 Å². The summed E-state index contributed by atoms with van der Waals surface area (Å²) in [5.41, 5.74) is -2.95. The molecule has 1 aromatic heterocycles. The van der Waals surface area contributed by atoms with Crippen LogP contribution in [0, 0.1) is 11.3 Å². The molecule has 15 heteroatoms. The number of ketones is 2. The lowest BCUT2D eigenvalue weighted by Gasteiger charge is -2.51. The van der Waals surface area contributed by atoms with E-state index in [1.54, 1.807) is 12.1 Å². The number of nitriles is 1. The molecule has 2 saturated heterocycles. The Morgan fingerprint density at radius 2 is 1.63 bits per heavy atom. The quantitative estimate of drug-likeness (QED) is 0.125. The lowest BCUT2D eigenvalue weighted by atomic mass is 9.95. The van der Waals surface area contributed by atoms with Crippen molar-refractivity contribution in [3.8, 4) is 11.8 Å². The van der Waals surface area contributed by atoms with E-state index in [9.17, 15) is 19.6 Å². The molecule has 2 aliphatic heterocycles. The monoisotopic (exact) mass is 765 g/mol. The maximum absolute atomic E-state index is 13.7. The number of Topliss-reactive ketones (excluding diaryl/α,β-unsaturated/α-hetero) is 2. The predicted octanol–water partition coefficient (Wildman–Crippen LogP) is 6.59. The van der Waals surface area contributed by atoms with Gasteiger partial charge in [-0.2, -0.15) is 10.2 Å². The van der Waals surface area contributed by atoms with Gasteiger partial charge in [0.25, 0.3) is 5.60 Å². The van der Waals surface area contributed by atoms with Gasteiger partial charge in [-0.05, 0) is 51.1 Å². The molecule has 278 valence electrons. The van der Waals surface area contributed by atoms with Gasteiger partial charge in [-0.1, -0.05) is 85.7 Å². The van der Waals surface area contributed by atoms with Crippen LogP contribution in [-0.2, 0) is 38.5 Å². The highest BCUT2D eigenvalue weighted by molar-refractivity contribution is 7.79. The number of ether oxygens (including phenoxy) is 3. The zero-order valence-electron chi connectivity index (χ0n) is 31.1. The van der Waals surface area contributed by atoms with Crippen LogP contribution < -0.4 is 10.4 Å². The molecule has 0 amide bonds. The fourth-order valence-corrected chi connectivity index (χ4v) is 18.6. The number of thiocarbonyl (C=S) groups is 1. The van der Waals surface area contributed by atoms with Crippen LogP contribution >= 0.6 is 12.2 Å². The predicted molar refractivity (Wildman–Crippen MR) is 202 cm³/mol. The van der Waals surface area contributed by atoms with E-state index < -0.39 is 63.7 Å². The molecular weight excluding hydrogens is 719 g/mol. The van der Waals surface area contributed by atoms with Crippen LogP contribution in [0.4, 0.5) is 0 Å². The van der Waals surface area contributed by atoms with Crippen molar-refractivity contribution in [2.45, 2.75) is 115 Å². The topological polar surface area (TPSA) is 148 Å². The minimum atomic E-state index is -3.34. The first-order chi connectivity index (χ1) is 24.5. The summed E-state index contributed by atoms with van der Waals surface area (Å²) < 4.78 is 41.7. The second kappa shape index (κ2) is 15.4. The highest BCUT2D eigenvalue weighted by Gasteiger charge is 2.68. The largest absolute Gasteiger partial charge is 0.427 e. The Bertz CT molecular complexity index is 1930.